The fourth-order valence-corrected chi connectivity index (χ4v) is 1.48. The van der Waals surface area contributed by atoms with Crippen LogP contribution in [0.5, 0.6) is 0 Å². The van der Waals surface area contributed by atoms with Crippen LogP contribution in [-0.2, 0) is 19.1 Å². The van der Waals surface area contributed by atoms with Gasteiger partial charge in [0.1, 0.15) is 6.61 Å². The summed E-state index contributed by atoms with van der Waals surface area (Å²) in [7, 11) is 0. The minimum absolute atomic E-state index is 0.0524. The van der Waals surface area contributed by atoms with Gasteiger partial charge in [0.05, 0.1) is 39.6 Å². The van der Waals surface area contributed by atoms with E-state index in [0.717, 1.165) is 0 Å². The van der Waals surface area contributed by atoms with Gasteiger partial charge in [0.25, 0.3) is 0 Å². The second kappa shape index (κ2) is 17.6. The first-order valence-electron chi connectivity index (χ1n) is 8.30. The van der Waals surface area contributed by atoms with E-state index in [1.807, 2.05) is 6.92 Å². The molecule has 0 heterocycles. The van der Waals surface area contributed by atoms with Gasteiger partial charge in [0, 0.05) is 18.3 Å². The molecule has 0 saturated carbocycles. The van der Waals surface area contributed by atoms with E-state index in [4.69, 9.17) is 35.0 Å². The Morgan fingerprint density at radius 1 is 0.880 bits per heavy atom. The molecule has 0 spiro atoms. The number of aliphatic hydroxyl groups is 4. The molecule has 0 aromatic heterocycles. The summed E-state index contributed by atoms with van der Waals surface area (Å²) in [5.74, 6) is -1.20. The third kappa shape index (κ3) is 16.0. The quantitative estimate of drug-likeness (QED) is 0.202. The van der Waals surface area contributed by atoms with E-state index in [2.05, 4.69) is 0 Å². The van der Waals surface area contributed by atoms with Gasteiger partial charge in [0.15, 0.2) is 0 Å². The molecule has 0 aliphatic rings. The number of hydrogen-bond donors (Lipinski definition) is 5. The molecule has 9 heteroatoms. The minimum Gasteiger partial charge on any atom is -0.481 e. The molecule has 9 nitrogen and oxygen atoms in total. The number of aliphatic carboxylic acids is 1. The average Bonchev–Trinajstić information content (AvgIpc) is 2.61. The topological polar surface area (TPSA) is 154 Å². The summed E-state index contributed by atoms with van der Waals surface area (Å²) in [5, 5.41) is 42.7. The molecule has 150 valence electrons. The molecule has 0 unspecified atom stereocenters. The first kappa shape index (κ1) is 26.0. The van der Waals surface area contributed by atoms with Crippen LogP contribution in [0.1, 0.15) is 39.0 Å². The van der Waals surface area contributed by atoms with Crippen molar-refractivity contribution in [1.82, 2.24) is 0 Å². The van der Waals surface area contributed by atoms with Gasteiger partial charge in [-0.3, -0.25) is 9.59 Å². The van der Waals surface area contributed by atoms with Gasteiger partial charge < -0.3 is 35.0 Å². The molecule has 0 radical (unpaired) electrons. The van der Waals surface area contributed by atoms with Crippen LogP contribution in [0, 0.1) is 5.41 Å². The van der Waals surface area contributed by atoms with Gasteiger partial charge >= 0.3 is 11.9 Å². The Hall–Kier alpha value is -1.26. The molecule has 5 N–H and O–H groups in total. The summed E-state index contributed by atoms with van der Waals surface area (Å²) in [4.78, 5) is 21.2. The van der Waals surface area contributed by atoms with Crippen molar-refractivity contribution in [1.29, 1.82) is 0 Å². The molecule has 0 aromatic carbocycles. The lowest BCUT2D eigenvalue weighted by Gasteiger charge is -2.24. The number of hydrogen-bond acceptors (Lipinski definition) is 8. The summed E-state index contributed by atoms with van der Waals surface area (Å²) >= 11 is 0. The van der Waals surface area contributed by atoms with Gasteiger partial charge in [-0.25, -0.2) is 0 Å². The fourth-order valence-electron chi connectivity index (χ4n) is 1.48. The van der Waals surface area contributed by atoms with Crippen LogP contribution in [-0.4, -0.2) is 83.7 Å². The minimum atomic E-state index is -0.856. The second-order valence-corrected chi connectivity index (χ2v) is 5.49. The fraction of sp³-hybridized carbons (Fsp3) is 0.875. The number of carboxylic acids is 1. The maximum atomic E-state index is 11.0. The van der Waals surface area contributed by atoms with Crippen molar-refractivity contribution in [3.8, 4) is 0 Å². The number of unbranched alkanes of at least 4 members (excludes halogenated alkanes) is 1. The van der Waals surface area contributed by atoms with E-state index in [9.17, 15) is 9.59 Å². The maximum absolute atomic E-state index is 11.0. The monoisotopic (exact) mass is 368 g/mol. The van der Waals surface area contributed by atoms with E-state index in [0.29, 0.717) is 19.3 Å². The van der Waals surface area contributed by atoms with Gasteiger partial charge in [-0.05, 0) is 19.3 Å². The van der Waals surface area contributed by atoms with Crippen LogP contribution in [0.15, 0.2) is 0 Å². The summed E-state index contributed by atoms with van der Waals surface area (Å²) < 4.78 is 9.69. The summed E-state index contributed by atoms with van der Waals surface area (Å²) in [6.45, 7) is 1.96. The highest BCUT2D eigenvalue weighted by atomic mass is 16.6. The van der Waals surface area contributed by atoms with Crippen LogP contribution in [0.25, 0.3) is 0 Å². The number of esters is 1. The van der Waals surface area contributed by atoms with Gasteiger partial charge in [0.2, 0.25) is 0 Å². The Balaban J connectivity index is 0. The number of aliphatic hydroxyl groups excluding tert-OH is 4. The van der Waals surface area contributed by atoms with Crippen molar-refractivity contribution in [3.63, 3.8) is 0 Å². The molecule has 0 saturated heterocycles. The third-order valence-electron chi connectivity index (χ3n) is 3.50. The van der Waals surface area contributed by atoms with Crippen molar-refractivity contribution in [2.45, 2.75) is 39.0 Å². The predicted octanol–water partition coefficient (Wildman–Crippen LogP) is -0.457. The number of rotatable bonds is 14. The van der Waals surface area contributed by atoms with E-state index in [1.54, 1.807) is 0 Å². The van der Waals surface area contributed by atoms with Crippen molar-refractivity contribution in [2.24, 2.45) is 5.41 Å². The van der Waals surface area contributed by atoms with Crippen LogP contribution < -0.4 is 0 Å². The van der Waals surface area contributed by atoms with Gasteiger partial charge in [-0.15, -0.1) is 0 Å². The highest BCUT2D eigenvalue weighted by Gasteiger charge is 2.24. The highest BCUT2D eigenvalue weighted by Crippen LogP contribution is 2.18. The zero-order valence-corrected chi connectivity index (χ0v) is 14.9. The lowest BCUT2D eigenvalue weighted by Crippen LogP contribution is -2.32. The van der Waals surface area contributed by atoms with Gasteiger partial charge in [-0.2, -0.15) is 0 Å². The predicted molar refractivity (Wildman–Crippen MR) is 88.9 cm³/mol. The normalized spacial score (nSPS) is 10.8. The molecular weight excluding hydrogens is 336 g/mol. The van der Waals surface area contributed by atoms with E-state index < -0.39 is 11.4 Å². The second-order valence-electron chi connectivity index (χ2n) is 5.49. The average molecular weight is 368 g/mol. The smallest absolute Gasteiger partial charge is 0.305 e. The van der Waals surface area contributed by atoms with E-state index in [1.165, 1.54) is 0 Å². The molecule has 0 fully saturated rings. The Morgan fingerprint density at radius 3 is 1.84 bits per heavy atom. The Morgan fingerprint density at radius 2 is 1.44 bits per heavy atom. The summed E-state index contributed by atoms with van der Waals surface area (Å²) in [6, 6.07) is 0. The zero-order chi connectivity index (χ0) is 19.6. The Bertz CT molecular complexity index is 312. The van der Waals surface area contributed by atoms with Crippen molar-refractivity contribution < 1.29 is 44.6 Å². The summed E-state index contributed by atoms with van der Waals surface area (Å²) in [6.07, 6.45) is 1.89. The number of ether oxygens (including phenoxy) is 2. The van der Waals surface area contributed by atoms with Crippen LogP contribution in [0.3, 0.4) is 0 Å². The molecule has 0 atom stereocenters. The molecule has 25 heavy (non-hydrogen) atoms. The number of carboxylic acid groups (broad SMARTS) is 1. The SMILES string of the molecule is CCC(CO)(CO)CO.O=C(O)CCCCC(=O)OCCOCCO. The molecule has 0 aliphatic carbocycles. The number of carbonyl (C=O) groups excluding carboxylic acids is 1. The van der Waals surface area contributed by atoms with Crippen molar-refractivity contribution >= 4 is 11.9 Å². The Kier molecular flexibility index (Phi) is 18.2. The van der Waals surface area contributed by atoms with Crippen molar-refractivity contribution in [2.75, 3.05) is 46.2 Å². The highest BCUT2D eigenvalue weighted by molar-refractivity contribution is 5.69. The van der Waals surface area contributed by atoms with Crippen LogP contribution in [0.2, 0.25) is 0 Å². The van der Waals surface area contributed by atoms with E-state index in [-0.39, 0.29) is 65.1 Å². The first-order valence-corrected chi connectivity index (χ1v) is 8.30. The molecule has 0 aromatic rings. The van der Waals surface area contributed by atoms with Crippen LogP contribution >= 0.6 is 0 Å². The third-order valence-corrected chi connectivity index (χ3v) is 3.50. The molecule has 0 rings (SSSR count). The maximum Gasteiger partial charge on any atom is 0.305 e. The lowest BCUT2D eigenvalue weighted by atomic mass is 9.88. The van der Waals surface area contributed by atoms with E-state index >= 15 is 0 Å². The molecule has 0 aliphatic heterocycles. The zero-order valence-electron chi connectivity index (χ0n) is 14.9. The first-order chi connectivity index (χ1) is 11.9. The molecule has 0 amide bonds. The van der Waals surface area contributed by atoms with Gasteiger partial charge in [-0.1, -0.05) is 6.92 Å². The standard InChI is InChI=1S/C10H18O6.C6H14O3/c11-5-6-15-7-8-16-10(14)4-2-1-3-9(12)13;1-2-6(3-7,4-8)5-9/h11H,1-8H2,(H,12,13);7-9H,2-5H2,1H3. The lowest BCUT2D eigenvalue weighted by molar-refractivity contribution is -0.145. The Labute approximate surface area is 148 Å². The molecule has 0 bridgehead atoms. The van der Waals surface area contributed by atoms with Crippen LogP contribution in [0.4, 0.5) is 0 Å². The molecular formula is C16H32O9. The van der Waals surface area contributed by atoms with Crippen molar-refractivity contribution in [3.05, 3.63) is 0 Å². The number of carbonyl (C=O) groups is 2. The summed E-state index contributed by atoms with van der Waals surface area (Å²) in [5.41, 5.74) is -0.667. The largest absolute Gasteiger partial charge is 0.481 e.